The van der Waals surface area contributed by atoms with Crippen molar-refractivity contribution in [2.75, 3.05) is 13.1 Å². The van der Waals surface area contributed by atoms with Gasteiger partial charge >= 0.3 is 5.97 Å². The second kappa shape index (κ2) is 6.22. The molecule has 1 aliphatic heterocycles. The molecule has 0 unspecified atom stereocenters. The summed E-state index contributed by atoms with van der Waals surface area (Å²) in [7, 11) is 0. The number of likely N-dealkylation sites (tertiary alicyclic amines) is 1. The predicted molar refractivity (Wildman–Crippen MR) is 87.5 cm³/mol. The average Bonchev–Trinajstić information content (AvgIpc) is 3.21. The molecule has 2 atom stereocenters. The van der Waals surface area contributed by atoms with E-state index in [2.05, 4.69) is 11.9 Å². The van der Waals surface area contributed by atoms with Crippen LogP contribution in [0.1, 0.15) is 69.1 Å². The molecule has 0 spiro atoms. The third-order valence-electron chi connectivity index (χ3n) is 4.44. The fourth-order valence-electron chi connectivity index (χ4n) is 3.28. The molecule has 24 heavy (non-hydrogen) atoms. The van der Waals surface area contributed by atoms with Gasteiger partial charge in [-0.25, -0.2) is 4.98 Å². The summed E-state index contributed by atoms with van der Waals surface area (Å²) in [5.41, 5.74) is 0.253. The van der Waals surface area contributed by atoms with Crippen molar-refractivity contribution in [2.45, 2.75) is 58.5 Å². The van der Waals surface area contributed by atoms with Crippen LogP contribution in [0.3, 0.4) is 0 Å². The second-order valence-electron chi connectivity index (χ2n) is 8.12. The monoisotopic (exact) mass is 334 g/mol. The molecule has 1 amide bonds. The minimum Gasteiger partial charge on any atom is -0.460 e. The lowest BCUT2D eigenvalue weighted by atomic mass is 9.90. The second-order valence-corrected chi connectivity index (χ2v) is 8.12. The van der Waals surface area contributed by atoms with E-state index < -0.39 is 5.60 Å². The first-order chi connectivity index (χ1) is 11.2. The Morgan fingerprint density at radius 1 is 1.29 bits per heavy atom. The molecule has 132 valence electrons. The van der Waals surface area contributed by atoms with Crippen LogP contribution in [-0.4, -0.2) is 40.5 Å². The number of esters is 1. The molecule has 0 aromatic carbocycles. The van der Waals surface area contributed by atoms with Crippen molar-refractivity contribution < 1.29 is 18.7 Å². The molecule has 2 fully saturated rings. The number of piperidine rings is 1. The standard InChI is InChI=1S/C18H26N2O4/c1-11-7-13(17(22)24-18(2,3)4)9-20(8-11)16(21)15-14(12-5-6-12)19-10-23-15/h10-13H,5-9H2,1-4H3/t11-,13+/m0/s1. The van der Waals surface area contributed by atoms with Gasteiger partial charge in [0, 0.05) is 19.0 Å². The minimum atomic E-state index is -0.517. The van der Waals surface area contributed by atoms with Crippen molar-refractivity contribution in [3.63, 3.8) is 0 Å². The molecule has 1 aromatic rings. The molecule has 1 saturated carbocycles. The van der Waals surface area contributed by atoms with Crippen LogP contribution in [0.5, 0.6) is 0 Å². The van der Waals surface area contributed by atoms with E-state index in [1.54, 1.807) is 4.90 Å². The van der Waals surface area contributed by atoms with Crippen LogP contribution in [0.25, 0.3) is 0 Å². The number of nitrogens with zero attached hydrogens (tertiary/aromatic N) is 2. The molecular weight excluding hydrogens is 308 g/mol. The van der Waals surface area contributed by atoms with Crippen molar-refractivity contribution in [1.29, 1.82) is 0 Å². The fourth-order valence-corrected chi connectivity index (χ4v) is 3.28. The van der Waals surface area contributed by atoms with Gasteiger partial charge in [0.1, 0.15) is 5.60 Å². The van der Waals surface area contributed by atoms with Gasteiger partial charge in [0.2, 0.25) is 5.76 Å². The quantitative estimate of drug-likeness (QED) is 0.795. The Balaban J connectivity index is 1.72. The highest BCUT2D eigenvalue weighted by molar-refractivity contribution is 5.93. The van der Waals surface area contributed by atoms with Crippen LogP contribution < -0.4 is 0 Å². The van der Waals surface area contributed by atoms with Gasteiger partial charge < -0.3 is 14.1 Å². The zero-order valence-corrected chi connectivity index (χ0v) is 14.9. The molecule has 6 nitrogen and oxygen atoms in total. The van der Waals surface area contributed by atoms with Gasteiger partial charge in [-0.1, -0.05) is 6.92 Å². The van der Waals surface area contributed by atoms with Crippen molar-refractivity contribution in [3.8, 4) is 0 Å². The Labute approximate surface area is 142 Å². The normalized spacial score (nSPS) is 24.8. The Morgan fingerprint density at radius 2 is 2.00 bits per heavy atom. The zero-order valence-electron chi connectivity index (χ0n) is 14.9. The predicted octanol–water partition coefficient (Wildman–Crippen LogP) is 2.99. The maximum absolute atomic E-state index is 12.9. The van der Waals surface area contributed by atoms with E-state index in [1.807, 2.05) is 20.8 Å². The number of carbonyl (C=O) groups excluding carboxylic acids is 2. The molecular formula is C18H26N2O4. The number of oxazole rings is 1. The van der Waals surface area contributed by atoms with Gasteiger partial charge in [-0.05, 0) is 46.0 Å². The van der Waals surface area contributed by atoms with Gasteiger partial charge in [-0.15, -0.1) is 0 Å². The molecule has 1 aromatic heterocycles. The first-order valence-corrected chi connectivity index (χ1v) is 8.70. The number of hydrogen-bond donors (Lipinski definition) is 0. The molecule has 0 radical (unpaired) electrons. The SMILES string of the molecule is C[C@H]1C[C@@H](C(=O)OC(C)(C)C)CN(C(=O)c2ocnc2C2CC2)C1. The zero-order chi connectivity index (χ0) is 17.5. The van der Waals surface area contributed by atoms with E-state index in [-0.39, 0.29) is 23.7 Å². The number of aromatic nitrogens is 1. The van der Waals surface area contributed by atoms with Crippen LogP contribution in [0.15, 0.2) is 10.8 Å². The van der Waals surface area contributed by atoms with Gasteiger partial charge in [0.25, 0.3) is 5.91 Å². The number of hydrogen-bond acceptors (Lipinski definition) is 5. The topological polar surface area (TPSA) is 72.6 Å². The van der Waals surface area contributed by atoms with Gasteiger partial charge in [0.05, 0.1) is 11.6 Å². The number of carbonyl (C=O) groups is 2. The van der Waals surface area contributed by atoms with E-state index in [0.29, 0.717) is 24.8 Å². The lowest BCUT2D eigenvalue weighted by Gasteiger charge is -2.36. The summed E-state index contributed by atoms with van der Waals surface area (Å²) < 4.78 is 10.9. The summed E-state index contributed by atoms with van der Waals surface area (Å²) in [6, 6.07) is 0. The molecule has 2 aliphatic rings. The summed E-state index contributed by atoms with van der Waals surface area (Å²) in [6.45, 7) is 8.63. The largest absolute Gasteiger partial charge is 0.460 e. The summed E-state index contributed by atoms with van der Waals surface area (Å²) in [4.78, 5) is 31.2. The van der Waals surface area contributed by atoms with E-state index >= 15 is 0 Å². The molecule has 0 N–H and O–H groups in total. The fraction of sp³-hybridized carbons (Fsp3) is 0.722. The highest BCUT2D eigenvalue weighted by Gasteiger charge is 2.38. The van der Waals surface area contributed by atoms with E-state index in [4.69, 9.17) is 9.15 Å². The molecule has 6 heteroatoms. The smallest absolute Gasteiger partial charge is 0.311 e. The number of rotatable bonds is 3. The van der Waals surface area contributed by atoms with E-state index in [1.165, 1.54) is 6.39 Å². The van der Waals surface area contributed by atoms with Gasteiger partial charge in [-0.3, -0.25) is 9.59 Å². The lowest BCUT2D eigenvalue weighted by molar-refractivity contribution is -0.162. The highest BCUT2D eigenvalue weighted by Crippen LogP contribution is 2.41. The Kier molecular flexibility index (Phi) is 4.40. The maximum Gasteiger partial charge on any atom is 0.311 e. The molecule has 0 bridgehead atoms. The minimum absolute atomic E-state index is 0.158. The van der Waals surface area contributed by atoms with E-state index in [0.717, 1.165) is 25.0 Å². The average molecular weight is 334 g/mol. The van der Waals surface area contributed by atoms with Crippen LogP contribution in [0.4, 0.5) is 0 Å². The molecule has 1 aliphatic carbocycles. The Bertz CT molecular complexity index is 627. The number of ether oxygens (including phenoxy) is 1. The maximum atomic E-state index is 12.9. The number of amides is 1. The van der Waals surface area contributed by atoms with Crippen molar-refractivity contribution >= 4 is 11.9 Å². The third-order valence-corrected chi connectivity index (χ3v) is 4.44. The van der Waals surface area contributed by atoms with Gasteiger partial charge in [-0.2, -0.15) is 0 Å². The van der Waals surface area contributed by atoms with E-state index in [9.17, 15) is 9.59 Å². The molecule has 3 rings (SSSR count). The molecule has 2 heterocycles. The Morgan fingerprint density at radius 3 is 2.62 bits per heavy atom. The van der Waals surface area contributed by atoms with Crippen LogP contribution in [0.2, 0.25) is 0 Å². The third kappa shape index (κ3) is 3.79. The summed E-state index contributed by atoms with van der Waals surface area (Å²) in [5, 5.41) is 0. The van der Waals surface area contributed by atoms with Crippen molar-refractivity contribution in [3.05, 3.63) is 17.8 Å². The van der Waals surface area contributed by atoms with Crippen molar-refractivity contribution in [1.82, 2.24) is 9.88 Å². The van der Waals surface area contributed by atoms with Crippen LogP contribution in [0, 0.1) is 11.8 Å². The van der Waals surface area contributed by atoms with Crippen LogP contribution in [-0.2, 0) is 9.53 Å². The highest BCUT2D eigenvalue weighted by atomic mass is 16.6. The summed E-state index contributed by atoms with van der Waals surface area (Å²) in [6.07, 6.45) is 4.21. The lowest BCUT2D eigenvalue weighted by Crippen LogP contribution is -2.47. The van der Waals surface area contributed by atoms with Gasteiger partial charge in [0.15, 0.2) is 6.39 Å². The Hall–Kier alpha value is -1.85. The summed E-state index contributed by atoms with van der Waals surface area (Å²) in [5.74, 6) is 0.263. The van der Waals surface area contributed by atoms with Crippen molar-refractivity contribution in [2.24, 2.45) is 11.8 Å². The first-order valence-electron chi connectivity index (χ1n) is 8.70. The molecule has 1 saturated heterocycles. The first kappa shape index (κ1) is 17.0. The van der Waals surface area contributed by atoms with Crippen LogP contribution >= 0.6 is 0 Å². The summed E-state index contributed by atoms with van der Waals surface area (Å²) >= 11 is 0.